The van der Waals surface area contributed by atoms with Gasteiger partial charge in [0.05, 0.1) is 0 Å². The first-order valence-electron chi connectivity index (χ1n) is 2.23. The molecular formula is C7H10. The van der Waals surface area contributed by atoms with Crippen LogP contribution in [0.2, 0.25) is 0 Å². The second-order valence-corrected chi connectivity index (χ2v) is 1.35. The lowest BCUT2D eigenvalue weighted by molar-refractivity contribution is 1.54. The van der Waals surface area contributed by atoms with Crippen LogP contribution in [0.3, 0.4) is 0 Å². The Labute approximate surface area is 44.9 Å². The Hall–Kier alpha value is -0.780. The van der Waals surface area contributed by atoms with Gasteiger partial charge in [0, 0.05) is 0 Å². The fourth-order valence-corrected chi connectivity index (χ4v) is 0.254. The quantitative estimate of drug-likeness (QED) is 0.460. The van der Waals surface area contributed by atoms with Gasteiger partial charge in [-0.1, -0.05) is 37.0 Å². The average molecular weight is 94.2 g/mol. The number of allylic oxidation sites excluding steroid dienone is 4. The molecule has 0 aromatic heterocycles. The Morgan fingerprint density at radius 2 is 2.00 bits per heavy atom. The molecule has 38 valence electrons. The van der Waals surface area contributed by atoms with Crippen molar-refractivity contribution < 1.29 is 0 Å². The van der Waals surface area contributed by atoms with Crippen LogP contribution >= 0.6 is 0 Å². The summed E-state index contributed by atoms with van der Waals surface area (Å²) >= 11 is 0. The molecule has 0 saturated heterocycles. The molecule has 0 spiro atoms. The molecule has 0 heteroatoms. The summed E-state index contributed by atoms with van der Waals surface area (Å²) in [5.41, 5.74) is 1.15. The molecule has 0 atom stereocenters. The van der Waals surface area contributed by atoms with Gasteiger partial charge in [-0.2, -0.15) is 0 Å². The molecule has 0 nitrogen and oxygen atoms in total. The monoisotopic (exact) mass is 94.1 g/mol. The van der Waals surface area contributed by atoms with Crippen molar-refractivity contribution in [3.63, 3.8) is 0 Å². The maximum Gasteiger partial charge on any atom is -0.0398 e. The van der Waals surface area contributed by atoms with Gasteiger partial charge >= 0.3 is 0 Å². The lowest BCUT2D eigenvalue weighted by Crippen LogP contribution is -1.58. The Balaban J connectivity index is 3.72. The van der Waals surface area contributed by atoms with Crippen molar-refractivity contribution in [1.82, 2.24) is 0 Å². The van der Waals surface area contributed by atoms with Crippen LogP contribution in [0.5, 0.6) is 0 Å². The summed E-state index contributed by atoms with van der Waals surface area (Å²) in [6.07, 6.45) is 5.45. The maximum atomic E-state index is 3.56. The van der Waals surface area contributed by atoms with Crippen molar-refractivity contribution >= 4 is 0 Å². The van der Waals surface area contributed by atoms with Gasteiger partial charge in [-0.25, -0.2) is 0 Å². The average Bonchev–Trinajstić information content (AvgIpc) is 1.68. The van der Waals surface area contributed by atoms with Crippen LogP contribution < -0.4 is 0 Å². The molecule has 0 saturated carbocycles. The summed E-state index contributed by atoms with van der Waals surface area (Å²) in [5, 5.41) is 0. The van der Waals surface area contributed by atoms with Crippen molar-refractivity contribution in [1.29, 1.82) is 0 Å². The van der Waals surface area contributed by atoms with Gasteiger partial charge in [-0.15, -0.1) is 0 Å². The fourth-order valence-electron chi connectivity index (χ4n) is 0.254. The van der Waals surface area contributed by atoms with E-state index in [0.717, 1.165) is 5.57 Å². The standard InChI is InChI=1S/C7H10/c1-4-6-7(3)5-2/h4-6H,1-2H2,3H3/b7-6+. The Morgan fingerprint density at radius 3 is 2.14 bits per heavy atom. The third-order valence-corrected chi connectivity index (χ3v) is 0.703. The highest BCUT2D eigenvalue weighted by atomic mass is 13.8. The zero-order valence-corrected chi connectivity index (χ0v) is 4.65. The van der Waals surface area contributed by atoms with E-state index in [-0.39, 0.29) is 0 Å². The van der Waals surface area contributed by atoms with Gasteiger partial charge in [0.2, 0.25) is 0 Å². The molecular weight excluding hydrogens is 84.1 g/mol. The number of rotatable bonds is 2. The van der Waals surface area contributed by atoms with E-state index in [1.807, 2.05) is 13.0 Å². The lowest BCUT2D eigenvalue weighted by Gasteiger charge is -1.80. The molecule has 0 aliphatic rings. The molecule has 0 amide bonds. The van der Waals surface area contributed by atoms with Crippen LogP contribution in [0.25, 0.3) is 0 Å². The number of hydrogen-bond acceptors (Lipinski definition) is 0. The molecule has 0 aromatic carbocycles. The predicted molar refractivity (Wildman–Crippen MR) is 34.2 cm³/mol. The van der Waals surface area contributed by atoms with E-state index >= 15 is 0 Å². The Kier molecular flexibility index (Phi) is 3.03. The molecule has 0 unspecified atom stereocenters. The number of hydrogen-bond donors (Lipinski definition) is 0. The van der Waals surface area contributed by atoms with E-state index < -0.39 is 0 Å². The van der Waals surface area contributed by atoms with Crippen molar-refractivity contribution in [2.24, 2.45) is 0 Å². The highest BCUT2D eigenvalue weighted by Crippen LogP contribution is 1.90. The first-order valence-corrected chi connectivity index (χ1v) is 2.23. The Bertz CT molecular complexity index is 96.6. The molecule has 0 radical (unpaired) electrons. The first kappa shape index (κ1) is 6.22. The molecule has 0 bridgehead atoms. The van der Waals surface area contributed by atoms with Crippen molar-refractivity contribution in [3.05, 3.63) is 37.0 Å². The minimum absolute atomic E-state index is 1.15. The van der Waals surface area contributed by atoms with Gasteiger partial charge in [0.25, 0.3) is 0 Å². The molecule has 0 aliphatic heterocycles. The van der Waals surface area contributed by atoms with Crippen LogP contribution in [0.4, 0.5) is 0 Å². The molecule has 0 heterocycles. The molecule has 7 heavy (non-hydrogen) atoms. The lowest BCUT2D eigenvalue weighted by atomic mass is 10.3. The van der Waals surface area contributed by atoms with E-state index in [9.17, 15) is 0 Å². The van der Waals surface area contributed by atoms with E-state index in [1.165, 1.54) is 0 Å². The predicted octanol–water partition coefficient (Wildman–Crippen LogP) is 2.30. The highest BCUT2D eigenvalue weighted by Gasteiger charge is 1.68. The zero-order valence-electron chi connectivity index (χ0n) is 4.65. The zero-order chi connectivity index (χ0) is 5.70. The van der Waals surface area contributed by atoms with Crippen LogP contribution in [0.1, 0.15) is 6.92 Å². The molecule has 0 aromatic rings. The molecule has 0 fully saturated rings. The van der Waals surface area contributed by atoms with Gasteiger partial charge in [-0.05, 0) is 6.92 Å². The normalized spacial score (nSPS) is 10.7. The third-order valence-electron chi connectivity index (χ3n) is 0.703. The smallest absolute Gasteiger partial charge is 0.0398 e. The summed E-state index contributed by atoms with van der Waals surface area (Å²) in [6, 6.07) is 0. The van der Waals surface area contributed by atoms with Crippen LogP contribution in [0, 0.1) is 0 Å². The van der Waals surface area contributed by atoms with Gasteiger partial charge in [0.15, 0.2) is 0 Å². The largest absolute Gasteiger partial charge is 0.0991 e. The van der Waals surface area contributed by atoms with Crippen molar-refractivity contribution in [2.45, 2.75) is 6.92 Å². The summed E-state index contributed by atoms with van der Waals surface area (Å²) in [5.74, 6) is 0. The summed E-state index contributed by atoms with van der Waals surface area (Å²) < 4.78 is 0. The third kappa shape index (κ3) is 3.04. The molecule has 0 N–H and O–H groups in total. The minimum Gasteiger partial charge on any atom is -0.0991 e. The molecule has 0 rings (SSSR count). The SMILES string of the molecule is C=C/C=C(\C)C=C. The summed E-state index contributed by atoms with van der Waals surface area (Å²) in [6.45, 7) is 9.07. The topological polar surface area (TPSA) is 0 Å². The second-order valence-electron chi connectivity index (χ2n) is 1.35. The summed E-state index contributed by atoms with van der Waals surface area (Å²) in [4.78, 5) is 0. The Morgan fingerprint density at radius 1 is 1.43 bits per heavy atom. The highest BCUT2D eigenvalue weighted by molar-refractivity contribution is 5.17. The van der Waals surface area contributed by atoms with Crippen LogP contribution in [-0.4, -0.2) is 0 Å². The van der Waals surface area contributed by atoms with E-state index in [4.69, 9.17) is 0 Å². The van der Waals surface area contributed by atoms with Gasteiger partial charge < -0.3 is 0 Å². The van der Waals surface area contributed by atoms with E-state index in [1.54, 1.807) is 12.2 Å². The van der Waals surface area contributed by atoms with E-state index in [0.29, 0.717) is 0 Å². The summed E-state index contributed by atoms with van der Waals surface area (Å²) in [7, 11) is 0. The maximum absolute atomic E-state index is 3.56. The van der Waals surface area contributed by atoms with Crippen LogP contribution in [0.15, 0.2) is 37.0 Å². The fraction of sp³-hybridized carbons (Fsp3) is 0.143. The second kappa shape index (κ2) is 3.41. The van der Waals surface area contributed by atoms with Gasteiger partial charge in [-0.3, -0.25) is 0 Å². The van der Waals surface area contributed by atoms with Gasteiger partial charge in [0.1, 0.15) is 0 Å². The van der Waals surface area contributed by atoms with Crippen molar-refractivity contribution in [2.75, 3.05) is 0 Å². The van der Waals surface area contributed by atoms with E-state index in [2.05, 4.69) is 13.2 Å². The van der Waals surface area contributed by atoms with Crippen LogP contribution in [-0.2, 0) is 0 Å². The minimum atomic E-state index is 1.15. The first-order chi connectivity index (χ1) is 3.31. The van der Waals surface area contributed by atoms with Crippen molar-refractivity contribution in [3.8, 4) is 0 Å². The molecule has 0 aliphatic carbocycles.